The van der Waals surface area contributed by atoms with Crippen LogP contribution in [0.4, 0.5) is 17.1 Å². The molecule has 0 fully saturated rings. The maximum Gasteiger partial charge on any atom is 0.255 e. The van der Waals surface area contributed by atoms with Crippen molar-refractivity contribution >= 4 is 52.1 Å². The Morgan fingerprint density at radius 1 is 0.767 bits per heavy atom. The third-order valence-corrected chi connectivity index (χ3v) is 4.94. The topological polar surface area (TPSA) is 61.4 Å². The third-order valence-electron chi connectivity index (χ3n) is 4.50. The maximum atomic E-state index is 12.6. The number of hydrogen-bond acceptors (Lipinski definition) is 3. The number of carbonyl (C=O) groups excluding carboxylic acids is 2. The molecule has 2 N–H and O–H groups in total. The van der Waals surface area contributed by atoms with Gasteiger partial charge >= 0.3 is 0 Å². The summed E-state index contributed by atoms with van der Waals surface area (Å²) in [6, 6.07) is 17.1. The normalized spacial score (nSPS) is 10.4. The summed E-state index contributed by atoms with van der Waals surface area (Å²) in [7, 11) is 3.93. The van der Waals surface area contributed by atoms with Gasteiger partial charge in [-0.15, -0.1) is 0 Å². The molecule has 154 valence electrons. The molecule has 0 saturated heterocycles. The maximum absolute atomic E-state index is 12.6. The van der Waals surface area contributed by atoms with Gasteiger partial charge in [-0.25, -0.2) is 0 Å². The molecule has 0 bridgehead atoms. The third kappa shape index (κ3) is 5.32. The van der Waals surface area contributed by atoms with Gasteiger partial charge in [0.15, 0.2) is 0 Å². The Bertz CT molecular complexity index is 1080. The largest absolute Gasteiger partial charge is 0.378 e. The number of hydrogen-bond donors (Lipinski definition) is 2. The van der Waals surface area contributed by atoms with Gasteiger partial charge in [-0.2, -0.15) is 0 Å². The van der Waals surface area contributed by atoms with E-state index in [0.717, 1.165) is 16.9 Å². The zero-order chi connectivity index (χ0) is 21.8. The number of anilines is 3. The molecule has 0 aliphatic heterocycles. The van der Waals surface area contributed by atoms with Crippen LogP contribution < -0.4 is 15.5 Å². The van der Waals surface area contributed by atoms with Crippen molar-refractivity contribution in [3.05, 3.63) is 87.4 Å². The van der Waals surface area contributed by atoms with E-state index >= 15 is 0 Å². The number of benzene rings is 3. The second-order valence-corrected chi connectivity index (χ2v) is 7.91. The second-order valence-electron chi connectivity index (χ2n) is 7.04. The van der Waals surface area contributed by atoms with E-state index in [0.29, 0.717) is 26.9 Å². The molecule has 0 unspecified atom stereocenters. The Kier molecular flexibility index (Phi) is 6.65. The Hall–Kier alpha value is -3.02. The highest BCUT2D eigenvalue weighted by Gasteiger charge is 2.11. The first-order valence-corrected chi connectivity index (χ1v) is 9.95. The van der Waals surface area contributed by atoms with Gasteiger partial charge in [0.2, 0.25) is 0 Å². The number of halogens is 2. The molecule has 3 aromatic carbocycles. The van der Waals surface area contributed by atoms with E-state index in [9.17, 15) is 9.59 Å². The molecule has 7 heteroatoms. The molecule has 0 spiro atoms. The molecule has 0 aromatic heterocycles. The van der Waals surface area contributed by atoms with Crippen molar-refractivity contribution in [2.24, 2.45) is 0 Å². The fraction of sp³-hybridized carbons (Fsp3) is 0.130. The van der Waals surface area contributed by atoms with E-state index in [1.54, 1.807) is 30.3 Å². The predicted molar refractivity (Wildman–Crippen MR) is 124 cm³/mol. The molecule has 5 nitrogen and oxygen atoms in total. The number of aryl methyl sites for hydroxylation is 1. The minimum atomic E-state index is -0.340. The van der Waals surface area contributed by atoms with Crippen LogP contribution in [0, 0.1) is 6.92 Å². The summed E-state index contributed by atoms with van der Waals surface area (Å²) in [5, 5.41) is 6.44. The van der Waals surface area contributed by atoms with Gasteiger partial charge in [0.25, 0.3) is 11.8 Å². The summed E-state index contributed by atoms with van der Waals surface area (Å²) in [6.45, 7) is 1.95. The lowest BCUT2D eigenvalue weighted by Gasteiger charge is -2.15. The molecule has 0 radical (unpaired) electrons. The van der Waals surface area contributed by atoms with Crippen LogP contribution >= 0.6 is 23.2 Å². The van der Waals surface area contributed by atoms with Crippen molar-refractivity contribution in [2.75, 3.05) is 29.6 Å². The molecule has 3 aromatic rings. The molecule has 0 aliphatic carbocycles. The molecule has 0 saturated carbocycles. The monoisotopic (exact) mass is 441 g/mol. The highest BCUT2D eigenvalue weighted by Crippen LogP contribution is 2.23. The average Bonchev–Trinajstić information content (AvgIpc) is 2.69. The van der Waals surface area contributed by atoms with Crippen LogP contribution in [-0.2, 0) is 0 Å². The fourth-order valence-corrected chi connectivity index (χ4v) is 3.38. The Morgan fingerprint density at radius 3 is 1.93 bits per heavy atom. The number of rotatable bonds is 5. The number of carbonyl (C=O) groups is 2. The second kappa shape index (κ2) is 9.20. The van der Waals surface area contributed by atoms with Crippen molar-refractivity contribution in [1.29, 1.82) is 0 Å². The van der Waals surface area contributed by atoms with E-state index in [4.69, 9.17) is 23.2 Å². The van der Waals surface area contributed by atoms with E-state index in [-0.39, 0.29) is 11.8 Å². The van der Waals surface area contributed by atoms with Crippen LogP contribution in [0.1, 0.15) is 26.3 Å². The average molecular weight is 442 g/mol. The molecule has 3 rings (SSSR count). The summed E-state index contributed by atoms with van der Waals surface area (Å²) in [6.07, 6.45) is 0. The zero-order valence-corrected chi connectivity index (χ0v) is 18.3. The van der Waals surface area contributed by atoms with E-state index < -0.39 is 0 Å². The van der Waals surface area contributed by atoms with Crippen LogP contribution in [0.5, 0.6) is 0 Å². The molecule has 0 atom stereocenters. The van der Waals surface area contributed by atoms with Crippen molar-refractivity contribution in [1.82, 2.24) is 0 Å². The van der Waals surface area contributed by atoms with Crippen LogP contribution in [0.25, 0.3) is 0 Å². The quantitative estimate of drug-likeness (QED) is 0.519. The standard InChI is InChI=1S/C23H21Cl2N3O2/c1-14-10-20(28(2)3)8-9-21(14)27-22(29)15-4-6-19(7-5-15)26-23(30)16-11-17(24)13-18(25)12-16/h4-13H,1-3H3,(H,26,30)(H,27,29). The molecule has 0 heterocycles. The highest BCUT2D eigenvalue weighted by atomic mass is 35.5. The first-order chi connectivity index (χ1) is 14.2. The molecule has 0 aliphatic rings. The lowest BCUT2D eigenvalue weighted by molar-refractivity contribution is 0.102. The first kappa shape index (κ1) is 21.7. The number of amides is 2. The van der Waals surface area contributed by atoms with Gasteiger partial charge in [0.05, 0.1) is 0 Å². The summed E-state index contributed by atoms with van der Waals surface area (Å²) >= 11 is 11.9. The molecule has 30 heavy (non-hydrogen) atoms. The Labute approximate surface area is 185 Å². The smallest absolute Gasteiger partial charge is 0.255 e. The summed E-state index contributed by atoms with van der Waals surface area (Å²) in [5.74, 6) is -0.566. The van der Waals surface area contributed by atoms with Crippen LogP contribution in [0.2, 0.25) is 10.0 Å². The van der Waals surface area contributed by atoms with Gasteiger partial charge in [-0.05, 0) is 73.2 Å². The summed E-state index contributed by atoms with van der Waals surface area (Å²) in [4.78, 5) is 27.0. The van der Waals surface area contributed by atoms with Gasteiger partial charge in [-0.1, -0.05) is 23.2 Å². The van der Waals surface area contributed by atoms with E-state index in [2.05, 4.69) is 10.6 Å². The van der Waals surface area contributed by atoms with Gasteiger partial charge < -0.3 is 15.5 Å². The predicted octanol–water partition coefficient (Wildman–Crippen LogP) is 5.87. The van der Waals surface area contributed by atoms with Crippen molar-refractivity contribution < 1.29 is 9.59 Å². The zero-order valence-electron chi connectivity index (χ0n) is 16.8. The van der Waals surface area contributed by atoms with Crippen LogP contribution in [0.3, 0.4) is 0 Å². The number of nitrogens with zero attached hydrogens (tertiary/aromatic N) is 1. The van der Waals surface area contributed by atoms with E-state index in [1.807, 2.05) is 44.1 Å². The minimum absolute atomic E-state index is 0.227. The summed E-state index contributed by atoms with van der Waals surface area (Å²) < 4.78 is 0. The Balaban J connectivity index is 1.68. The lowest BCUT2D eigenvalue weighted by Crippen LogP contribution is -2.15. The van der Waals surface area contributed by atoms with Gasteiger partial charge in [0, 0.05) is 52.3 Å². The Morgan fingerprint density at radius 2 is 1.37 bits per heavy atom. The molecule has 2 amide bonds. The van der Waals surface area contributed by atoms with E-state index in [1.165, 1.54) is 12.1 Å². The van der Waals surface area contributed by atoms with Crippen LogP contribution in [-0.4, -0.2) is 25.9 Å². The van der Waals surface area contributed by atoms with Crippen LogP contribution in [0.15, 0.2) is 60.7 Å². The SMILES string of the molecule is Cc1cc(N(C)C)ccc1NC(=O)c1ccc(NC(=O)c2cc(Cl)cc(Cl)c2)cc1. The minimum Gasteiger partial charge on any atom is -0.378 e. The van der Waals surface area contributed by atoms with Crippen molar-refractivity contribution in [3.8, 4) is 0 Å². The van der Waals surface area contributed by atoms with Gasteiger partial charge in [0.1, 0.15) is 0 Å². The lowest BCUT2D eigenvalue weighted by atomic mass is 10.1. The number of nitrogens with one attached hydrogen (secondary N) is 2. The first-order valence-electron chi connectivity index (χ1n) is 9.20. The molecular weight excluding hydrogens is 421 g/mol. The van der Waals surface area contributed by atoms with Gasteiger partial charge in [-0.3, -0.25) is 9.59 Å². The highest BCUT2D eigenvalue weighted by molar-refractivity contribution is 6.35. The molecular formula is C23H21Cl2N3O2. The van der Waals surface area contributed by atoms with Crippen molar-refractivity contribution in [2.45, 2.75) is 6.92 Å². The summed E-state index contributed by atoms with van der Waals surface area (Å²) in [5.41, 5.74) is 4.17. The fourth-order valence-electron chi connectivity index (χ4n) is 2.85. The van der Waals surface area contributed by atoms with Crippen molar-refractivity contribution in [3.63, 3.8) is 0 Å².